The molecule has 49 heavy (non-hydrogen) atoms. The fourth-order valence-electron chi connectivity index (χ4n) is 7.11. The van der Waals surface area contributed by atoms with E-state index in [0.29, 0.717) is 45.7 Å². The molecule has 5 rings (SSSR count). The van der Waals surface area contributed by atoms with Crippen molar-refractivity contribution in [3.05, 3.63) is 105 Å². The van der Waals surface area contributed by atoms with Gasteiger partial charge >= 0.3 is 12.4 Å². The molecule has 0 spiro atoms. The maximum absolute atomic E-state index is 13.8. The Morgan fingerprint density at radius 3 is 2.00 bits per heavy atom. The van der Waals surface area contributed by atoms with E-state index in [4.69, 9.17) is 0 Å². The number of allylic oxidation sites excluding steroid dienone is 2. The molecule has 12 heteroatoms. The van der Waals surface area contributed by atoms with E-state index in [2.05, 4.69) is 0 Å². The van der Waals surface area contributed by atoms with Crippen molar-refractivity contribution in [3.63, 3.8) is 0 Å². The lowest BCUT2D eigenvalue weighted by atomic mass is 9.68. The van der Waals surface area contributed by atoms with Crippen molar-refractivity contribution >= 4 is 29.2 Å². The summed E-state index contributed by atoms with van der Waals surface area (Å²) in [7, 11) is 0. The van der Waals surface area contributed by atoms with E-state index in [-0.39, 0.29) is 24.7 Å². The predicted molar refractivity (Wildman–Crippen MR) is 171 cm³/mol. The number of carbonyl (C=O) groups is 2. The highest BCUT2D eigenvalue weighted by atomic mass is 19.4. The third-order valence-corrected chi connectivity index (χ3v) is 9.40. The monoisotopic (exact) mass is 687 g/mol. The Balaban J connectivity index is 1.45. The Morgan fingerprint density at radius 1 is 0.898 bits per heavy atom. The smallest absolute Gasteiger partial charge is 0.416 e. The second kappa shape index (κ2) is 13.5. The first-order valence-electron chi connectivity index (χ1n) is 15.6. The van der Waals surface area contributed by atoms with E-state index in [1.165, 1.54) is 0 Å². The van der Waals surface area contributed by atoms with Gasteiger partial charge in [0.1, 0.15) is 5.75 Å². The number of carbonyl (C=O) groups excluding carboxylic acids is 2. The molecule has 260 valence electrons. The quantitative estimate of drug-likeness (QED) is 0.0970. The summed E-state index contributed by atoms with van der Waals surface area (Å²) in [5.74, 6) is -5.37. The van der Waals surface area contributed by atoms with Crippen molar-refractivity contribution in [1.29, 1.82) is 0 Å². The van der Waals surface area contributed by atoms with Crippen LogP contribution >= 0.6 is 0 Å². The largest absolute Gasteiger partial charge is 0.507 e. The van der Waals surface area contributed by atoms with Crippen LogP contribution in [0.4, 0.5) is 32.0 Å². The minimum atomic E-state index is -5.19. The Hall–Kier alpha value is -4.42. The van der Waals surface area contributed by atoms with Gasteiger partial charge < -0.3 is 15.3 Å². The lowest BCUT2D eigenvalue weighted by molar-refractivity contribution is -0.143. The van der Waals surface area contributed by atoms with Crippen molar-refractivity contribution in [2.24, 2.45) is 17.8 Å². The number of hydrogen-bond donors (Lipinski definition) is 3. The highest BCUT2D eigenvalue weighted by Gasteiger charge is 2.55. The first-order chi connectivity index (χ1) is 22.9. The number of benzene rings is 3. The fraction of sp³-hybridized carbons (Fsp3) is 0.351. The van der Waals surface area contributed by atoms with Crippen LogP contribution in [-0.4, -0.2) is 39.8 Å². The highest BCUT2D eigenvalue weighted by Crippen LogP contribution is 2.48. The number of amides is 2. The standard InChI is InChI=1S/C37H35F6NO5/c1-19-13-28-32(35(49)44(34(28)48)27-16-25(36(38,39)40)15-26(17-27)37(41,42)43)29(18-45)31(19)30(46)10-9-24(23-7-5-4-6-8-23)14-22-11-20(2)33(47)21(3)12-22/h4-8,11-12,14-17,28-30,32,45-47H,9-10,13,18H2,1-3H3/b24-14-/t28-,29+,30-,32-/m1/s1. The molecule has 0 aromatic heterocycles. The van der Waals surface area contributed by atoms with Gasteiger partial charge in [-0.1, -0.05) is 42.0 Å². The summed E-state index contributed by atoms with van der Waals surface area (Å²) in [5, 5.41) is 32.3. The molecule has 1 aliphatic carbocycles. The van der Waals surface area contributed by atoms with E-state index in [9.17, 15) is 51.3 Å². The topological polar surface area (TPSA) is 98.1 Å². The van der Waals surface area contributed by atoms with Crippen LogP contribution in [0.15, 0.2) is 71.8 Å². The van der Waals surface area contributed by atoms with Gasteiger partial charge in [-0.05, 0) is 104 Å². The molecule has 1 saturated heterocycles. The van der Waals surface area contributed by atoms with Crippen molar-refractivity contribution in [3.8, 4) is 5.75 Å². The van der Waals surface area contributed by atoms with Crippen molar-refractivity contribution in [2.45, 2.75) is 58.5 Å². The summed E-state index contributed by atoms with van der Waals surface area (Å²) in [5.41, 5.74) is 0.537. The lowest BCUT2D eigenvalue weighted by Gasteiger charge is -2.35. The van der Waals surface area contributed by atoms with Crippen LogP contribution in [-0.2, 0) is 21.9 Å². The lowest BCUT2D eigenvalue weighted by Crippen LogP contribution is -2.38. The number of nitrogens with zero attached hydrogens (tertiary/aromatic N) is 1. The van der Waals surface area contributed by atoms with Crippen molar-refractivity contribution in [2.75, 3.05) is 11.5 Å². The van der Waals surface area contributed by atoms with Gasteiger partial charge in [-0.2, -0.15) is 26.3 Å². The Bertz CT molecular complexity index is 1770. The van der Waals surface area contributed by atoms with E-state index in [1.54, 1.807) is 20.8 Å². The molecule has 0 unspecified atom stereocenters. The molecule has 0 radical (unpaired) electrons. The van der Waals surface area contributed by atoms with Gasteiger partial charge in [-0.25, -0.2) is 4.90 Å². The molecule has 3 aromatic carbocycles. The fourth-order valence-corrected chi connectivity index (χ4v) is 7.11. The third-order valence-electron chi connectivity index (χ3n) is 9.40. The van der Waals surface area contributed by atoms with Crippen LogP contribution in [0.3, 0.4) is 0 Å². The summed E-state index contributed by atoms with van der Waals surface area (Å²) >= 11 is 0. The summed E-state index contributed by atoms with van der Waals surface area (Å²) in [6.45, 7) is 4.50. The van der Waals surface area contributed by atoms with Crippen molar-refractivity contribution in [1.82, 2.24) is 0 Å². The second-order valence-electron chi connectivity index (χ2n) is 12.7. The van der Waals surface area contributed by atoms with Gasteiger partial charge in [0.2, 0.25) is 11.8 Å². The molecule has 1 fully saturated rings. The van der Waals surface area contributed by atoms with E-state index >= 15 is 0 Å². The average molecular weight is 688 g/mol. The summed E-state index contributed by atoms with van der Waals surface area (Å²) in [4.78, 5) is 27.6. The molecule has 3 N–H and O–H groups in total. The van der Waals surface area contributed by atoms with E-state index < -0.39 is 71.4 Å². The van der Waals surface area contributed by atoms with Gasteiger partial charge in [0.15, 0.2) is 0 Å². The first-order valence-corrected chi connectivity index (χ1v) is 15.6. The number of halogens is 6. The Labute approximate surface area is 279 Å². The minimum absolute atomic E-state index is 0.0762. The number of aryl methyl sites for hydroxylation is 2. The van der Waals surface area contributed by atoms with Gasteiger partial charge in [0.05, 0.1) is 41.4 Å². The van der Waals surface area contributed by atoms with Crippen LogP contribution in [0.1, 0.15) is 59.6 Å². The molecular weight excluding hydrogens is 652 g/mol. The SMILES string of the molecule is CC1=C([C@H](O)CC/C(=C/c2cc(C)c(O)c(C)c2)c2ccccc2)[C@H](CO)[C@@H]2C(=O)N(c3cc(C(F)(F)F)cc(C(F)(F)F)c3)C(=O)[C@@H]2C1. The number of imide groups is 1. The molecule has 2 amide bonds. The number of rotatable bonds is 8. The predicted octanol–water partition coefficient (Wildman–Crippen LogP) is 7.86. The number of aromatic hydroxyl groups is 1. The summed E-state index contributed by atoms with van der Waals surface area (Å²) in [6.07, 6.45) is -9.26. The molecule has 0 saturated carbocycles. The molecule has 4 atom stereocenters. The highest BCUT2D eigenvalue weighted by molar-refractivity contribution is 6.22. The maximum Gasteiger partial charge on any atom is 0.416 e. The van der Waals surface area contributed by atoms with Crippen LogP contribution in [0.25, 0.3) is 11.6 Å². The van der Waals surface area contributed by atoms with Gasteiger partial charge in [-0.15, -0.1) is 0 Å². The number of alkyl halides is 6. The summed E-state index contributed by atoms with van der Waals surface area (Å²) < 4.78 is 81.6. The number of hydrogen-bond acceptors (Lipinski definition) is 5. The number of fused-ring (bicyclic) bond motifs is 1. The molecule has 2 aliphatic rings. The summed E-state index contributed by atoms with van der Waals surface area (Å²) in [6, 6.07) is 13.6. The average Bonchev–Trinajstić information content (AvgIpc) is 3.28. The zero-order valence-electron chi connectivity index (χ0n) is 26.9. The van der Waals surface area contributed by atoms with Gasteiger partial charge in [0.25, 0.3) is 0 Å². The molecule has 1 heterocycles. The minimum Gasteiger partial charge on any atom is -0.507 e. The van der Waals surface area contributed by atoms with Gasteiger partial charge in [-0.3, -0.25) is 9.59 Å². The van der Waals surface area contributed by atoms with Crippen LogP contribution in [0.5, 0.6) is 5.75 Å². The molecular formula is C37H35F6NO5. The van der Waals surface area contributed by atoms with Crippen LogP contribution < -0.4 is 4.90 Å². The van der Waals surface area contributed by atoms with Crippen molar-refractivity contribution < 1.29 is 51.3 Å². The normalized spacial score (nSPS) is 21.0. The Kier molecular flexibility index (Phi) is 9.86. The van der Waals surface area contributed by atoms with Gasteiger partial charge in [0, 0.05) is 5.92 Å². The maximum atomic E-state index is 13.8. The van der Waals surface area contributed by atoms with E-state index in [0.717, 1.165) is 16.7 Å². The molecule has 3 aromatic rings. The Morgan fingerprint density at radius 2 is 1.47 bits per heavy atom. The molecule has 1 aliphatic heterocycles. The van der Waals surface area contributed by atoms with Crippen LogP contribution in [0, 0.1) is 31.6 Å². The first kappa shape index (κ1) is 35.9. The third kappa shape index (κ3) is 7.16. The van der Waals surface area contributed by atoms with E-state index in [1.807, 2.05) is 48.5 Å². The second-order valence-corrected chi connectivity index (χ2v) is 12.7. The molecule has 0 bridgehead atoms. The number of phenolic OH excluding ortho intramolecular Hbond substituents is 1. The zero-order chi connectivity index (χ0) is 36.0. The number of aliphatic hydroxyl groups excluding tert-OH is 2. The number of phenols is 1. The number of aliphatic hydroxyl groups is 2. The zero-order valence-corrected chi connectivity index (χ0v) is 26.9. The molecule has 6 nitrogen and oxygen atoms in total. The van der Waals surface area contributed by atoms with Crippen LogP contribution in [0.2, 0.25) is 0 Å². The number of anilines is 1.